The zero-order valence-electron chi connectivity index (χ0n) is 24.8. The van der Waals surface area contributed by atoms with Crippen molar-refractivity contribution in [2.75, 3.05) is 12.4 Å². The molecular weight excluding hydrogens is 545 g/mol. The monoisotopic (exact) mass is 586 g/mol. The first-order valence-corrected chi connectivity index (χ1v) is 17.2. The number of esters is 1. The van der Waals surface area contributed by atoms with Gasteiger partial charge in [-0.05, 0) is 53.4 Å². The van der Waals surface area contributed by atoms with Crippen LogP contribution < -0.4 is 10.4 Å². The Bertz CT molecular complexity index is 1280. The predicted octanol–water partition coefficient (Wildman–Crippen LogP) is 7.30. The molecule has 0 spiro atoms. The van der Waals surface area contributed by atoms with Gasteiger partial charge in [-0.1, -0.05) is 117 Å². The van der Waals surface area contributed by atoms with Gasteiger partial charge in [0.2, 0.25) is 6.29 Å². The Hall–Kier alpha value is -2.90. The highest BCUT2D eigenvalue weighted by Gasteiger charge is 2.50. The lowest BCUT2D eigenvalue weighted by Crippen LogP contribution is -2.66. The highest BCUT2D eigenvalue weighted by Crippen LogP contribution is 2.37. The maximum Gasteiger partial charge on any atom is 0.338 e. The van der Waals surface area contributed by atoms with Gasteiger partial charge in [-0.3, -0.25) is 0 Å². The molecule has 1 fully saturated rings. The highest BCUT2D eigenvalue weighted by atomic mass is 32.2. The number of hydrogen-bond acceptors (Lipinski definition) is 5. The number of thioether (sulfide) groups is 1. The Morgan fingerprint density at radius 1 is 0.927 bits per heavy atom. The first-order chi connectivity index (χ1) is 19.7. The van der Waals surface area contributed by atoms with E-state index < -0.39 is 20.7 Å². The summed E-state index contributed by atoms with van der Waals surface area (Å²) in [6.07, 6.45) is 4.71. The fourth-order valence-corrected chi connectivity index (χ4v) is 10.7. The molecule has 0 bridgehead atoms. The van der Waals surface area contributed by atoms with Crippen LogP contribution in [0.1, 0.15) is 47.5 Å². The van der Waals surface area contributed by atoms with Gasteiger partial charge in [-0.25, -0.2) is 4.79 Å². The SMILES string of the molecule is C/C=C(/C=C(\C)CC[C@H]1OC(=O)[C@@H](CSc2ccccc2)O1)CO[Si](c1ccccc1)(c1ccccc1)C(C)(C)C. The molecule has 0 saturated carbocycles. The fourth-order valence-electron chi connectivity index (χ4n) is 5.29. The number of benzene rings is 3. The van der Waals surface area contributed by atoms with E-state index in [-0.39, 0.29) is 11.0 Å². The van der Waals surface area contributed by atoms with E-state index in [1.165, 1.54) is 15.9 Å². The van der Waals surface area contributed by atoms with Crippen LogP contribution in [0.25, 0.3) is 0 Å². The number of carbonyl (C=O) groups excluding carboxylic acids is 1. The molecule has 0 aliphatic carbocycles. The Morgan fingerprint density at radius 3 is 2.02 bits per heavy atom. The summed E-state index contributed by atoms with van der Waals surface area (Å²) in [6.45, 7) is 11.6. The lowest BCUT2D eigenvalue weighted by atomic mass is 10.1. The second-order valence-corrected chi connectivity index (χ2v) is 16.9. The zero-order chi connectivity index (χ0) is 29.3. The van der Waals surface area contributed by atoms with Crippen LogP contribution in [0.2, 0.25) is 5.04 Å². The lowest BCUT2D eigenvalue weighted by Gasteiger charge is -2.43. The van der Waals surface area contributed by atoms with Crippen molar-refractivity contribution >= 4 is 36.4 Å². The Labute approximate surface area is 250 Å². The molecule has 0 radical (unpaired) electrons. The van der Waals surface area contributed by atoms with Crippen LogP contribution in [0.5, 0.6) is 0 Å². The average molecular weight is 587 g/mol. The maximum atomic E-state index is 12.4. The molecule has 4 nitrogen and oxygen atoms in total. The van der Waals surface area contributed by atoms with Crippen molar-refractivity contribution in [3.63, 3.8) is 0 Å². The van der Waals surface area contributed by atoms with Crippen molar-refractivity contribution in [2.24, 2.45) is 0 Å². The predicted molar refractivity (Wildman–Crippen MR) is 172 cm³/mol. The molecule has 3 aromatic rings. The summed E-state index contributed by atoms with van der Waals surface area (Å²) in [4.78, 5) is 13.5. The van der Waals surface area contributed by atoms with Gasteiger partial charge >= 0.3 is 5.97 Å². The van der Waals surface area contributed by atoms with E-state index in [0.29, 0.717) is 18.8 Å². The summed E-state index contributed by atoms with van der Waals surface area (Å²) in [6, 6.07) is 31.5. The third-order valence-electron chi connectivity index (χ3n) is 7.42. The standard InChI is InChI=1S/C35H42O4SSi/c1-6-28(24-27(2)22-23-33-38-32(34(36)39-33)26-40-29-16-10-7-11-17-29)25-37-41(35(3,4)5,30-18-12-8-13-19-30)31-20-14-9-15-21-31/h6-21,24,32-33H,22-23,25-26H2,1-5H3/b27-24+,28-6-/t32-,33-/m1/s1. The third-order valence-corrected chi connectivity index (χ3v) is 13.5. The quantitative estimate of drug-likeness (QED) is 0.0965. The van der Waals surface area contributed by atoms with E-state index in [1.54, 1.807) is 11.8 Å². The smallest absolute Gasteiger partial charge is 0.338 e. The van der Waals surface area contributed by atoms with E-state index in [1.807, 2.05) is 30.3 Å². The van der Waals surface area contributed by atoms with Gasteiger partial charge in [-0.15, -0.1) is 11.8 Å². The molecule has 216 valence electrons. The molecule has 1 aliphatic rings. The second-order valence-electron chi connectivity index (χ2n) is 11.5. The van der Waals surface area contributed by atoms with Gasteiger partial charge in [0.25, 0.3) is 8.32 Å². The number of carbonyl (C=O) groups is 1. The number of cyclic esters (lactones) is 1. The van der Waals surface area contributed by atoms with Crippen molar-refractivity contribution < 1.29 is 18.7 Å². The van der Waals surface area contributed by atoms with Crippen molar-refractivity contribution in [3.8, 4) is 0 Å². The van der Waals surface area contributed by atoms with Crippen molar-refractivity contribution in [1.29, 1.82) is 0 Å². The van der Waals surface area contributed by atoms with Crippen LogP contribution in [0.4, 0.5) is 0 Å². The van der Waals surface area contributed by atoms with Gasteiger partial charge in [0.05, 0.1) is 6.61 Å². The van der Waals surface area contributed by atoms with Gasteiger partial charge < -0.3 is 13.9 Å². The summed E-state index contributed by atoms with van der Waals surface area (Å²) >= 11 is 1.61. The Morgan fingerprint density at radius 2 is 1.49 bits per heavy atom. The van der Waals surface area contributed by atoms with Crippen molar-refractivity contribution in [2.45, 2.75) is 69.8 Å². The Kier molecular flexibility index (Phi) is 10.8. The number of rotatable bonds is 12. The molecule has 1 saturated heterocycles. The number of allylic oxidation sites excluding steroid dienone is 2. The minimum atomic E-state index is -2.62. The normalized spacial score (nSPS) is 18.4. The summed E-state index contributed by atoms with van der Waals surface area (Å²) < 4.78 is 18.6. The van der Waals surface area contributed by atoms with Gasteiger partial charge in [0.15, 0.2) is 6.10 Å². The van der Waals surface area contributed by atoms with E-state index in [9.17, 15) is 4.79 Å². The molecule has 1 heterocycles. The molecular formula is C35H42O4SSi. The summed E-state index contributed by atoms with van der Waals surface area (Å²) in [5.74, 6) is 0.282. The largest absolute Gasteiger partial charge is 0.434 e. The van der Waals surface area contributed by atoms with Crippen molar-refractivity contribution in [3.05, 3.63) is 114 Å². The second kappa shape index (κ2) is 14.3. The van der Waals surface area contributed by atoms with E-state index in [2.05, 4.69) is 107 Å². The average Bonchev–Trinajstić information content (AvgIpc) is 3.34. The fraction of sp³-hybridized carbons (Fsp3) is 0.343. The summed E-state index contributed by atoms with van der Waals surface area (Å²) in [5.41, 5.74) is 2.34. The van der Waals surface area contributed by atoms with Gasteiger partial charge in [0, 0.05) is 17.1 Å². The van der Waals surface area contributed by atoms with Crippen LogP contribution in [0.3, 0.4) is 0 Å². The van der Waals surface area contributed by atoms with Crippen LogP contribution in [-0.4, -0.2) is 39.0 Å². The molecule has 6 heteroatoms. The lowest BCUT2D eigenvalue weighted by molar-refractivity contribution is -0.143. The number of ether oxygens (including phenoxy) is 2. The van der Waals surface area contributed by atoms with E-state index in [4.69, 9.17) is 13.9 Å². The Balaban J connectivity index is 1.40. The van der Waals surface area contributed by atoms with Gasteiger partial charge in [-0.2, -0.15) is 0 Å². The topological polar surface area (TPSA) is 44.8 Å². The molecule has 0 N–H and O–H groups in total. The highest BCUT2D eigenvalue weighted by molar-refractivity contribution is 7.99. The van der Waals surface area contributed by atoms with E-state index in [0.717, 1.165) is 16.9 Å². The zero-order valence-corrected chi connectivity index (χ0v) is 26.7. The minimum Gasteiger partial charge on any atom is -0.434 e. The van der Waals surface area contributed by atoms with Crippen molar-refractivity contribution in [1.82, 2.24) is 0 Å². The number of hydrogen-bond donors (Lipinski definition) is 0. The minimum absolute atomic E-state index is 0.0770. The van der Waals surface area contributed by atoms with E-state index >= 15 is 0 Å². The molecule has 41 heavy (non-hydrogen) atoms. The van der Waals surface area contributed by atoms with Crippen LogP contribution in [-0.2, 0) is 18.7 Å². The summed E-state index contributed by atoms with van der Waals surface area (Å²) in [5, 5.41) is 2.47. The molecule has 1 aliphatic heterocycles. The van der Waals surface area contributed by atoms with Crippen LogP contribution in [0.15, 0.2) is 119 Å². The molecule has 4 rings (SSSR count). The first kappa shape index (κ1) is 31.0. The molecule has 2 atom stereocenters. The summed E-state index contributed by atoms with van der Waals surface area (Å²) in [7, 11) is -2.62. The third kappa shape index (κ3) is 7.89. The first-order valence-electron chi connectivity index (χ1n) is 14.3. The van der Waals surface area contributed by atoms with Crippen LogP contribution in [0, 0.1) is 0 Å². The van der Waals surface area contributed by atoms with Gasteiger partial charge in [0.1, 0.15) is 0 Å². The molecule has 3 aromatic carbocycles. The van der Waals surface area contributed by atoms with Crippen LogP contribution >= 0.6 is 11.8 Å². The molecule has 0 unspecified atom stereocenters. The molecule has 0 aromatic heterocycles. The molecule has 0 amide bonds. The maximum absolute atomic E-state index is 12.4.